The quantitative estimate of drug-likeness (QED) is 0.858. The van der Waals surface area contributed by atoms with Crippen LogP contribution in [0, 0.1) is 6.92 Å². The summed E-state index contributed by atoms with van der Waals surface area (Å²) >= 11 is 1.49. The van der Waals surface area contributed by atoms with E-state index in [1.807, 2.05) is 12.3 Å². The fourth-order valence-electron chi connectivity index (χ4n) is 1.71. The average Bonchev–Trinajstić information content (AvgIpc) is 2.48. The van der Waals surface area contributed by atoms with E-state index in [1.165, 1.54) is 11.3 Å². The van der Waals surface area contributed by atoms with E-state index < -0.39 is 18.2 Å². The number of halogens is 3. The molecule has 1 heterocycles. The van der Waals surface area contributed by atoms with Crippen LogP contribution in [0.3, 0.4) is 0 Å². The zero-order valence-corrected chi connectivity index (χ0v) is 10.1. The summed E-state index contributed by atoms with van der Waals surface area (Å²) < 4.78 is 35.9. The predicted octanol–water partition coefficient (Wildman–Crippen LogP) is 4.00. The molecule has 0 aliphatic heterocycles. The van der Waals surface area contributed by atoms with Gasteiger partial charge < -0.3 is 5.11 Å². The van der Waals surface area contributed by atoms with Crippen LogP contribution in [0.25, 0.3) is 0 Å². The molecule has 1 N–H and O–H groups in total. The van der Waals surface area contributed by atoms with Gasteiger partial charge in [-0.2, -0.15) is 13.2 Å². The Kier molecular flexibility index (Phi) is 4.02. The Morgan fingerprint density at radius 3 is 2.38 bits per heavy atom. The molecule has 92 valence electrons. The Bertz CT molecular complexity index is 341. The van der Waals surface area contributed by atoms with Crippen LogP contribution in [0.15, 0.2) is 11.4 Å². The van der Waals surface area contributed by atoms with Gasteiger partial charge >= 0.3 is 6.18 Å². The van der Waals surface area contributed by atoms with Crippen LogP contribution >= 0.6 is 11.3 Å². The van der Waals surface area contributed by atoms with Crippen molar-refractivity contribution < 1.29 is 18.3 Å². The van der Waals surface area contributed by atoms with E-state index in [2.05, 4.69) is 0 Å². The Morgan fingerprint density at radius 2 is 1.94 bits per heavy atom. The van der Waals surface area contributed by atoms with Gasteiger partial charge in [0.25, 0.3) is 0 Å². The van der Waals surface area contributed by atoms with Crippen molar-refractivity contribution in [3.63, 3.8) is 0 Å². The molecule has 1 atom stereocenters. The zero-order chi connectivity index (χ0) is 12.4. The fraction of sp³-hybridized carbons (Fsp3) is 0.636. The van der Waals surface area contributed by atoms with Gasteiger partial charge in [-0.05, 0) is 43.7 Å². The summed E-state index contributed by atoms with van der Waals surface area (Å²) in [5.74, 6) is 0. The van der Waals surface area contributed by atoms with E-state index in [9.17, 15) is 18.3 Å². The maximum absolute atomic E-state index is 12.0. The van der Waals surface area contributed by atoms with Crippen molar-refractivity contribution in [3.8, 4) is 0 Å². The highest BCUT2D eigenvalue weighted by Crippen LogP contribution is 2.33. The minimum absolute atomic E-state index is 0.0498. The first-order valence-electron chi connectivity index (χ1n) is 5.06. The van der Waals surface area contributed by atoms with Crippen molar-refractivity contribution in [2.75, 3.05) is 0 Å². The summed E-state index contributed by atoms with van der Waals surface area (Å²) in [4.78, 5) is 0.956. The number of alkyl halides is 3. The lowest BCUT2D eigenvalue weighted by atomic mass is 9.91. The van der Waals surface area contributed by atoms with Crippen molar-refractivity contribution in [1.29, 1.82) is 0 Å². The SMILES string of the molecule is Cc1sccc1C(C)(O)CCCC(F)(F)F. The highest BCUT2D eigenvalue weighted by atomic mass is 32.1. The first-order chi connectivity index (χ1) is 7.22. The molecule has 1 aromatic heterocycles. The molecule has 0 amide bonds. The lowest BCUT2D eigenvalue weighted by Crippen LogP contribution is -2.22. The number of aryl methyl sites for hydroxylation is 1. The van der Waals surface area contributed by atoms with Crippen molar-refractivity contribution in [1.82, 2.24) is 0 Å². The van der Waals surface area contributed by atoms with Crippen LogP contribution in [-0.4, -0.2) is 11.3 Å². The standard InChI is InChI=1S/C11H15F3OS/c1-8-9(4-7-16-8)10(2,15)5-3-6-11(12,13)14/h4,7,15H,3,5-6H2,1-2H3. The molecule has 0 fully saturated rings. The monoisotopic (exact) mass is 252 g/mol. The van der Waals surface area contributed by atoms with Gasteiger partial charge in [0.2, 0.25) is 0 Å². The van der Waals surface area contributed by atoms with Gasteiger partial charge in [0.15, 0.2) is 0 Å². The van der Waals surface area contributed by atoms with Crippen molar-refractivity contribution in [2.24, 2.45) is 0 Å². The normalized spacial score (nSPS) is 16.1. The zero-order valence-electron chi connectivity index (χ0n) is 9.27. The molecule has 1 rings (SSSR count). The van der Waals surface area contributed by atoms with Gasteiger partial charge in [0, 0.05) is 11.3 Å². The summed E-state index contributed by atoms with van der Waals surface area (Å²) in [5, 5.41) is 11.9. The molecule has 0 bridgehead atoms. The minimum atomic E-state index is -4.14. The van der Waals surface area contributed by atoms with Gasteiger partial charge in [-0.3, -0.25) is 0 Å². The van der Waals surface area contributed by atoms with Crippen LogP contribution in [0.1, 0.15) is 36.6 Å². The molecule has 16 heavy (non-hydrogen) atoms. The van der Waals surface area contributed by atoms with Gasteiger partial charge in [0.05, 0.1) is 5.60 Å². The predicted molar refractivity (Wildman–Crippen MR) is 58.5 cm³/mol. The molecular weight excluding hydrogens is 237 g/mol. The van der Waals surface area contributed by atoms with Crippen LogP contribution in [0.5, 0.6) is 0 Å². The Balaban J connectivity index is 2.56. The number of hydrogen-bond donors (Lipinski definition) is 1. The Hall–Kier alpha value is -0.550. The van der Waals surface area contributed by atoms with Crippen LogP contribution in [0.4, 0.5) is 13.2 Å². The number of rotatable bonds is 4. The molecule has 0 saturated heterocycles. The van der Waals surface area contributed by atoms with Crippen LogP contribution < -0.4 is 0 Å². The van der Waals surface area contributed by atoms with Crippen LogP contribution in [0.2, 0.25) is 0 Å². The van der Waals surface area contributed by atoms with Crippen molar-refractivity contribution in [2.45, 2.75) is 44.9 Å². The molecule has 0 spiro atoms. The highest BCUT2D eigenvalue weighted by Gasteiger charge is 2.30. The molecule has 0 saturated carbocycles. The maximum Gasteiger partial charge on any atom is 0.389 e. The molecule has 1 nitrogen and oxygen atoms in total. The minimum Gasteiger partial charge on any atom is -0.385 e. The Labute approximate surface area is 96.9 Å². The van der Waals surface area contributed by atoms with E-state index in [0.29, 0.717) is 0 Å². The van der Waals surface area contributed by atoms with E-state index in [-0.39, 0.29) is 12.8 Å². The third kappa shape index (κ3) is 3.79. The molecule has 1 aromatic rings. The second kappa shape index (κ2) is 4.75. The van der Waals surface area contributed by atoms with E-state index in [4.69, 9.17) is 0 Å². The summed E-state index contributed by atoms with van der Waals surface area (Å²) in [5.41, 5.74) is -0.422. The molecule has 0 aliphatic carbocycles. The Morgan fingerprint density at radius 1 is 1.31 bits per heavy atom. The summed E-state index contributed by atoms with van der Waals surface area (Å²) in [6.07, 6.45) is -4.90. The first kappa shape index (κ1) is 13.5. The molecule has 0 aliphatic rings. The molecule has 0 radical (unpaired) electrons. The number of hydrogen-bond acceptors (Lipinski definition) is 2. The topological polar surface area (TPSA) is 20.2 Å². The second-order valence-electron chi connectivity index (χ2n) is 4.13. The summed E-state index contributed by atoms with van der Waals surface area (Å²) in [7, 11) is 0. The highest BCUT2D eigenvalue weighted by molar-refractivity contribution is 7.10. The van der Waals surface area contributed by atoms with E-state index >= 15 is 0 Å². The largest absolute Gasteiger partial charge is 0.389 e. The molecule has 1 unspecified atom stereocenters. The van der Waals surface area contributed by atoms with Gasteiger partial charge in [-0.15, -0.1) is 11.3 Å². The number of thiophene rings is 1. The first-order valence-corrected chi connectivity index (χ1v) is 5.94. The van der Waals surface area contributed by atoms with Gasteiger partial charge in [0.1, 0.15) is 0 Å². The maximum atomic E-state index is 12.0. The molecule has 0 aromatic carbocycles. The molecule has 5 heteroatoms. The lowest BCUT2D eigenvalue weighted by Gasteiger charge is -2.23. The van der Waals surface area contributed by atoms with Crippen LogP contribution in [-0.2, 0) is 5.60 Å². The van der Waals surface area contributed by atoms with Gasteiger partial charge in [-0.1, -0.05) is 0 Å². The van der Waals surface area contributed by atoms with Crippen molar-refractivity contribution in [3.05, 3.63) is 21.9 Å². The smallest absolute Gasteiger partial charge is 0.385 e. The van der Waals surface area contributed by atoms with E-state index in [1.54, 1.807) is 13.0 Å². The third-order valence-corrected chi connectivity index (χ3v) is 3.41. The number of aliphatic hydroxyl groups is 1. The fourth-order valence-corrected chi connectivity index (χ4v) is 2.53. The van der Waals surface area contributed by atoms with Crippen molar-refractivity contribution >= 4 is 11.3 Å². The summed E-state index contributed by atoms with van der Waals surface area (Å²) in [6.45, 7) is 3.43. The third-order valence-electron chi connectivity index (χ3n) is 2.56. The van der Waals surface area contributed by atoms with Gasteiger partial charge in [-0.25, -0.2) is 0 Å². The summed E-state index contributed by atoms with van der Waals surface area (Å²) in [6, 6.07) is 1.77. The average molecular weight is 252 g/mol. The van der Waals surface area contributed by atoms with E-state index in [0.717, 1.165) is 10.4 Å². The molecular formula is C11H15F3OS. The second-order valence-corrected chi connectivity index (χ2v) is 5.25. The lowest BCUT2D eigenvalue weighted by molar-refractivity contribution is -0.137.